The predicted molar refractivity (Wildman–Crippen MR) is 140 cm³/mol. The average Bonchev–Trinajstić information content (AvgIpc) is 3.41. The fourth-order valence-corrected chi connectivity index (χ4v) is 4.50. The van der Waals surface area contributed by atoms with Crippen LogP contribution in [0.2, 0.25) is 0 Å². The Morgan fingerprint density at radius 1 is 0.946 bits per heavy atom. The van der Waals surface area contributed by atoms with Crippen LogP contribution in [-0.2, 0) is 6.54 Å². The van der Waals surface area contributed by atoms with Gasteiger partial charge in [-0.1, -0.05) is 59.3 Å². The number of nitrogens with one attached hydrogen (secondary N) is 1. The van der Waals surface area contributed by atoms with Crippen LogP contribution in [0.15, 0.2) is 83.0 Å². The highest BCUT2D eigenvalue weighted by molar-refractivity contribution is 5.87. The minimum absolute atomic E-state index is 0.198. The highest BCUT2D eigenvalue weighted by Gasteiger charge is 2.35. The number of rotatable bonds is 7. The van der Waals surface area contributed by atoms with Crippen molar-refractivity contribution in [1.82, 2.24) is 20.4 Å². The van der Waals surface area contributed by atoms with E-state index in [2.05, 4.69) is 16.5 Å². The van der Waals surface area contributed by atoms with E-state index < -0.39 is 6.04 Å². The summed E-state index contributed by atoms with van der Waals surface area (Å²) >= 11 is 0. The second-order valence-electron chi connectivity index (χ2n) is 8.89. The van der Waals surface area contributed by atoms with Gasteiger partial charge in [0.2, 0.25) is 5.82 Å². The molecular weight excluding hydrogens is 468 g/mol. The smallest absolute Gasteiger partial charge is 0.322 e. The van der Waals surface area contributed by atoms with E-state index in [0.717, 1.165) is 39.3 Å². The van der Waals surface area contributed by atoms with Crippen molar-refractivity contribution in [3.8, 4) is 22.9 Å². The predicted octanol–water partition coefficient (Wildman–Crippen LogP) is 5.76. The summed E-state index contributed by atoms with van der Waals surface area (Å²) in [5, 5.41) is 7.38. The molecule has 1 aromatic heterocycles. The van der Waals surface area contributed by atoms with Gasteiger partial charge in [0.15, 0.2) is 0 Å². The van der Waals surface area contributed by atoms with Crippen molar-refractivity contribution in [2.24, 2.45) is 0 Å². The molecule has 1 unspecified atom stereocenters. The Balaban J connectivity index is 1.59. The molecule has 0 aliphatic carbocycles. The van der Waals surface area contributed by atoms with Gasteiger partial charge in [-0.2, -0.15) is 4.98 Å². The van der Waals surface area contributed by atoms with Crippen molar-refractivity contribution in [2.75, 3.05) is 14.2 Å². The SMILES string of the molecule is COc1ccc(C2NC(=O)N(Cc3cccc(C)c3)C(C)=C2c2nc(-c3cccc(OC)c3)no2)cc1. The zero-order chi connectivity index (χ0) is 25.9. The summed E-state index contributed by atoms with van der Waals surface area (Å²) < 4.78 is 16.4. The van der Waals surface area contributed by atoms with Crippen LogP contribution in [0.25, 0.3) is 17.0 Å². The lowest BCUT2D eigenvalue weighted by atomic mass is 9.94. The van der Waals surface area contributed by atoms with Crippen LogP contribution in [0.3, 0.4) is 0 Å². The van der Waals surface area contributed by atoms with E-state index in [1.54, 1.807) is 19.1 Å². The number of aryl methyl sites for hydroxylation is 1. The molecule has 1 atom stereocenters. The summed E-state index contributed by atoms with van der Waals surface area (Å²) in [6.07, 6.45) is 0. The maximum Gasteiger partial charge on any atom is 0.322 e. The number of nitrogens with zero attached hydrogens (tertiary/aromatic N) is 3. The first-order chi connectivity index (χ1) is 18.0. The number of urea groups is 1. The summed E-state index contributed by atoms with van der Waals surface area (Å²) in [7, 11) is 3.23. The average molecular weight is 497 g/mol. The Morgan fingerprint density at radius 2 is 1.70 bits per heavy atom. The molecule has 8 nitrogen and oxygen atoms in total. The molecule has 37 heavy (non-hydrogen) atoms. The van der Waals surface area contributed by atoms with Gasteiger partial charge in [0.25, 0.3) is 5.89 Å². The van der Waals surface area contributed by atoms with E-state index in [9.17, 15) is 4.79 Å². The third kappa shape index (κ3) is 4.91. The van der Waals surface area contributed by atoms with E-state index in [4.69, 9.17) is 19.0 Å². The molecule has 4 aromatic rings. The van der Waals surface area contributed by atoms with Gasteiger partial charge >= 0.3 is 6.03 Å². The molecule has 1 N–H and O–H groups in total. The molecule has 8 heteroatoms. The van der Waals surface area contributed by atoms with Crippen LogP contribution in [-0.4, -0.2) is 35.3 Å². The van der Waals surface area contributed by atoms with Crippen LogP contribution in [0.5, 0.6) is 11.5 Å². The molecule has 1 aliphatic rings. The lowest BCUT2D eigenvalue weighted by molar-refractivity contribution is 0.203. The van der Waals surface area contributed by atoms with Crippen LogP contribution in [0.4, 0.5) is 4.79 Å². The fraction of sp³-hybridized carbons (Fsp3) is 0.207. The highest BCUT2D eigenvalue weighted by atomic mass is 16.5. The minimum atomic E-state index is -0.481. The lowest BCUT2D eigenvalue weighted by Crippen LogP contribution is -2.45. The Kier molecular flexibility index (Phi) is 6.64. The molecule has 3 aromatic carbocycles. The van der Waals surface area contributed by atoms with Crippen molar-refractivity contribution >= 4 is 11.6 Å². The number of ether oxygens (including phenoxy) is 2. The zero-order valence-corrected chi connectivity index (χ0v) is 21.2. The summed E-state index contributed by atoms with van der Waals surface area (Å²) in [6, 6.07) is 22.5. The van der Waals surface area contributed by atoms with Crippen molar-refractivity contribution in [3.05, 3.63) is 101 Å². The Hall–Kier alpha value is -4.59. The largest absolute Gasteiger partial charge is 0.497 e. The van der Waals surface area contributed by atoms with Gasteiger partial charge in [0.1, 0.15) is 11.5 Å². The van der Waals surface area contributed by atoms with Gasteiger partial charge in [-0.25, -0.2) is 4.79 Å². The second kappa shape index (κ2) is 10.2. The number of hydrogen-bond donors (Lipinski definition) is 1. The van der Waals surface area contributed by atoms with E-state index in [1.807, 2.05) is 80.6 Å². The topological polar surface area (TPSA) is 89.7 Å². The summed E-state index contributed by atoms with van der Waals surface area (Å²) in [5.74, 6) is 2.20. The van der Waals surface area contributed by atoms with Crippen LogP contribution in [0.1, 0.15) is 35.5 Å². The van der Waals surface area contributed by atoms with E-state index >= 15 is 0 Å². The Bertz CT molecular complexity index is 1460. The van der Waals surface area contributed by atoms with Crippen molar-refractivity contribution in [2.45, 2.75) is 26.4 Å². The Morgan fingerprint density at radius 3 is 2.43 bits per heavy atom. The number of carbonyl (C=O) groups is 1. The first-order valence-electron chi connectivity index (χ1n) is 11.9. The van der Waals surface area contributed by atoms with E-state index in [0.29, 0.717) is 24.0 Å². The van der Waals surface area contributed by atoms with Gasteiger partial charge in [-0.3, -0.25) is 4.90 Å². The number of methoxy groups -OCH3 is 2. The molecule has 5 rings (SSSR count). The lowest BCUT2D eigenvalue weighted by Gasteiger charge is -2.35. The molecule has 0 saturated heterocycles. The molecule has 0 spiro atoms. The molecular formula is C29H28N4O4. The molecule has 0 saturated carbocycles. The quantitative estimate of drug-likeness (QED) is 0.350. The summed E-state index contributed by atoms with van der Waals surface area (Å²) in [6.45, 7) is 4.36. The number of allylic oxidation sites excluding steroid dienone is 1. The van der Waals surface area contributed by atoms with Crippen molar-refractivity contribution in [3.63, 3.8) is 0 Å². The summed E-state index contributed by atoms with van der Waals surface area (Å²) in [5.41, 5.74) is 5.28. The monoisotopic (exact) mass is 496 g/mol. The number of benzene rings is 3. The first kappa shape index (κ1) is 24.1. The van der Waals surface area contributed by atoms with Crippen molar-refractivity contribution in [1.29, 1.82) is 0 Å². The minimum Gasteiger partial charge on any atom is -0.497 e. The van der Waals surface area contributed by atoms with Crippen LogP contribution < -0.4 is 14.8 Å². The van der Waals surface area contributed by atoms with E-state index in [-0.39, 0.29) is 6.03 Å². The molecule has 0 fully saturated rings. The van der Waals surface area contributed by atoms with Crippen LogP contribution in [0, 0.1) is 6.92 Å². The first-order valence-corrected chi connectivity index (χ1v) is 11.9. The molecule has 188 valence electrons. The molecule has 2 amide bonds. The number of aromatic nitrogens is 2. The maximum atomic E-state index is 13.4. The molecule has 0 bridgehead atoms. The van der Waals surface area contributed by atoms with Gasteiger partial charge < -0.3 is 19.3 Å². The number of amides is 2. The Labute approximate surface area is 215 Å². The molecule has 0 radical (unpaired) electrons. The van der Waals surface area contributed by atoms with Gasteiger partial charge in [0.05, 0.1) is 32.4 Å². The standard InChI is InChI=1S/C29H28N4O4/c1-18-7-5-8-20(15-18)17-33-19(2)25(26(30-29(33)34)21-11-13-23(35-3)14-12-21)28-31-27(32-37-28)22-9-6-10-24(16-22)36-4/h5-16,26H,17H2,1-4H3,(H,30,34). The number of hydrogen-bond acceptors (Lipinski definition) is 6. The highest BCUT2D eigenvalue weighted by Crippen LogP contribution is 2.38. The van der Waals surface area contributed by atoms with Gasteiger partial charge in [-0.15, -0.1) is 0 Å². The van der Waals surface area contributed by atoms with Gasteiger partial charge in [-0.05, 0) is 49.2 Å². The molecule has 2 heterocycles. The third-order valence-corrected chi connectivity index (χ3v) is 6.45. The fourth-order valence-electron chi connectivity index (χ4n) is 4.50. The van der Waals surface area contributed by atoms with Gasteiger partial charge in [0, 0.05) is 11.3 Å². The summed E-state index contributed by atoms with van der Waals surface area (Å²) in [4.78, 5) is 19.8. The maximum absolute atomic E-state index is 13.4. The second-order valence-corrected chi connectivity index (χ2v) is 8.89. The molecule has 1 aliphatic heterocycles. The number of carbonyl (C=O) groups excluding carboxylic acids is 1. The zero-order valence-electron chi connectivity index (χ0n) is 21.2. The normalized spacial score (nSPS) is 15.5. The van der Waals surface area contributed by atoms with Crippen molar-refractivity contribution < 1.29 is 18.8 Å². The van der Waals surface area contributed by atoms with E-state index in [1.165, 1.54) is 0 Å². The van der Waals surface area contributed by atoms with Crippen LogP contribution >= 0.6 is 0 Å². The third-order valence-electron chi connectivity index (χ3n) is 6.45.